The van der Waals surface area contributed by atoms with Crippen LogP contribution in [-0.4, -0.2) is 50.5 Å². The zero-order valence-corrected chi connectivity index (χ0v) is 21.4. The van der Waals surface area contributed by atoms with Crippen LogP contribution in [0.3, 0.4) is 0 Å². The molecular weight excluding hydrogens is 518 g/mol. The zero-order valence-electron chi connectivity index (χ0n) is 18.2. The maximum atomic E-state index is 13.3. The molecule has 1 atom stereocenters. The zero-order chi connectivity index (χ0) is 23.9. The first-order valence-corrected chi connectivity index (χ1v) is 13.1. The van der Waals surface area contributed by atoms with Crippen LogP contribution in [0, 0.1) is 0 Å². The fraction of sp³-hybridized carbons (Fsp3) is 0.364. The number of sulfonamides is 1. The summed E-state index contributed by atoms with van der Waals surface area (Å²) in [6.07, 6.45) is 1.80. The number of halogens is 2. The second-order valence-corrected chi connectivity index (χ2v) is 10.6. The summed E-state index contributed by atoms with van der Waals surface area (Å²) in [6, 6.07) is 12.8. The topological polar surface area (TPSA) is 86.8 Å². The van der Waals surface area contributed by atoms with E-state index in [1.54, 1.807) is 55.5 Å². The molecule has 1 N–H and O–H groups in total. The molecule has 0 aliphatic carbocycles. The Kier molecular flexibility index (Phi) is 9.54. The van der Waals surface area contributed by atoms with E-state index in [1.807, 2.05) is 6.92 Å². The predicted molar refractivity (Wildman–Crippen MR) is 131 cm³/mol. The summed E-state index contributed by atoms with van der Waals surface area (Å²) >= 11 is 9.40. The Morgan fingerprint density at radius 1 is 1.16 bits per heavy atom. The highest BCUT2D eigenvalue weighted by atomic mass is 79.9. The van der Waals surface area contributed by atoms with Gasteiger partial charge in [0.1, 0.15) is 12.6 Å². The molecule has 0 saturated carbocycles. The maximum absolute atomic E-state index is 13.3. The van der Waals surface area contributed by atoms with Crippen molar-refractivity contribution in [1.29, 1.82) is 0 Å². The van der Waals surface area contributed by atoms with Crippen LogP contribution in [0.5, 0.6) is 0 Å². The first kappa shape index (κ1) is 26.2. The highest BCUT2D eigenvalue weighted by molar-refractivity contribution is 9.10. The van der Waals surface area contributed by atoms with E-state index in [0.29, 0.717) is 17.3 Å². The first-order chi connectivity index (χ1) is 15.0. The number of hydrogen-bond donors (Lipinski definition) is 1. The molecule has 2 aromatic carbocycles. The van der Waals surface area contributed by atoms with E-state index < -0.39 is 28.5 Å². The van der Waals surface area contributed by atoms with E-state index in [0.717, 1.165) is 27.0 Å². The molecule has 0 heterocycles. The molecular formula is C22H27BrClN3O4S. The minimum atomic E-state index is -3.75. The van der Waals surface area contributed by atoms with Gasteiger partial charge in [-0.1, -0.05) is 46.6 Å². The van der Waals surface area contributed by atoms with Crippen molar-refractivity contribution in [3.63, 3.8) is 0 Å². The third kappa shape index (κ3) is 7.50. The molecule has 2 rings (SSSR count). The molecule has 0 fully saturated rings. The Balaban J connectivity index is 2.35. The Bertz CT molecular complexity index is 1050. The quantitative estimate of drug-likeness (QED) is 0.493. The summed E-state index contributed by atoms with van der Waals surface area (Å²) in [7, 11) is -3.75. The number of amides is 2. The largest absolute Gasteiger partial charge is 0.354 e. The molecule has 0 radical (unpaired) electrons. The van der Waals surface area contributed by atoms with Crippen molar-refractivity contribution in [2.24, 2.45) is 0 Å². The van der Waals surface area contributed by atoms with Crippen molar-refractivity contribution in [3.8, 4) is 0 Å². The number of hydrogen-bond acceptors (Lipinski definition) is 4. The Morgan fingerprint density at radius 3 is 2.38 bits per heavy atom. The molecule has 0 bridgehead atoms. The van der Waals surface area contributed by atoms with Crippen molar-refractivity contribution in [3.05, 3.63) is 63.6 Å². The number of anilines is 1. The Morgan fingerprint density at radius 2 is 1.81 bits per heavy atom. The van der Waals surface area contributed by atoms with Crippen LogP contribution >= 0.6 is 27.5 Å². The Hall–Kier alpha value is -2.10. The molecule has 174 valence electrons. The standard InChI is InChI=1S/C22H27BrClN3O4S/c1-4-12-25-22(29)16(2)26(14-17-6-5-7-19(24)13-17)21(28)15-27(32(3,30)31)20-10-8-18(23)9-11-20/h5-11,13,16H,4,12,14-15H2,1-3H3,(H,25,29)/t16-/m1/s1. The lowest BCUT2D eigenvalue weighted by atomic mass is 10.1. The average molecular weight is 545 g/mol. The van der Waals surface area contributed by atoms with E-state index in [9.17, 15) is 18.0 Å². The molecule has 7 nitrogen and oxygen atoms in total. The second kappa shape index (κ2) is 11.7. The van der Waals surface area contributed by atoms with Gasteiger partial charge >= 0.3 is 0 Å². The summed E-state index contributed by atoms with van der Waals surface area (Å²) in [6.45, 7) is 3.71. The minimum absolute atomic E-state index is 0.109. The van der Waals surface area contributed by atoms with Crippen molar-refractivity contribution < 1.29 is 18.0 Å². The van der Waals surface area contributed by atoms with E-state index in [4.69, 9.17) is 11.6 Å². The van der Waals surface area contributed by atoms with Gasteiger partial charge in [-0.3, -0.25) is 13.9 Å². The number of carbonyl (C=O) groups excluding carboxylic acids is 2. The first-order valence-electron chi connectivity index (χ1n) is 10.1. The van der Waals surface area contributed by atoms with Gasteiger partial charge in [-0.15, -0.1) is 0 Å². The van der Waals surface area contributed by atoms with Crippen LogP contribution in [0.4, 0.5) is 5.69 Å². The summed E-state index contributed by atoms with van der Waals surface area (Å²) in [5, 5.41) is 3.30. The van der Waals surface area contributed by atoms with Gasteiger partial charge in [0.05, 0.1) is 11.9 Å². The van der Waals surface area contributed by atoms with E-state index >= 15 is 0 Å². The third-order valence-electron chi connectivity index (χ3n) is 4.75. The number of nitrogens with one attached hydrogen (secondary N) is 1. The molecule has 0 aliphatic rings. The lowest BCUT2D eigenvalue weighted by molar-refractivity contribution is -0.139. The van der Waals surface area contributed by atoms with Crippen LogP contribution in [-0.2, 0) is 26.2 Å². The van der Waals surface area contributed by atoms with Crippen molar-refractivity contribution in [1.82, 2.24) is 10.2 Å². The van der Waals surface area contributed by atoms with Gasteiger partial charge in [0.15, 0.2) is 0 Å². The maximum Gasteiger partial charge on any atom is 0.244 e. The van der Waals surface area contributed by atoms with Crippen LogP contribution < -0.4 is 9.62 Å². The highest BCUT2D eigenvalue weighted by Gasteiger charge is 2.30. The van der Waals surface area contributed by atoms with E-state index in [2.05, 4.69) is 21.2 Å². The SMILES string of the molecule is CCCNC(=O)[C@@H](C)N(Cc1cccc(Cl)c1)C(=O)CN(c1ccc(Br)cc1)S(C)(=O)=O. The van der Waals surface area contributed by atoms with Crippen LogP contribution in [0.2, 0.25) is 5.02 Å². The molecule has 32 heavy (non-hydrogen) atoms. The highest BCUT2D eigenvalue weighted by Crippen LogP contribution is 2.22. The predicted octanol–water partition coefficient (Wildman–Crippen LogP) is 3.81. The monoisotopic (exact) mass is 543 g/mol. The minimum Gasteiger partial charge on any atom is -0.354 e. The van der Waals surface area contributed by atoms with Gasteiger partial charge in [-0.2, -0.15) is 0 Å². The van der Waals surface area contributed by atoms with E-state index in [1.165, 1.54) is 4.90 Å². The Labute approximate surface area is 202 Å². The third-order valence-corrected chi connectivity index (χ3v) is 6.66. The number of rotatable bonds is 10. The molecule has 0 spiro atoms. The van der Waals surface area contributed by atoms with Crippen molar-refractivity contribution in [2.45, 2.75) is 32.9 Å². The lowest BCUT2D eigenvalue weighted by Gasteiger charge is -2.31. The number of carbonyl (C=O) groups is 2. The number of benzene rings is 2. The molecule has 10 heteroatoms. The van der Waals surface area contributed by atoms with Crippen molar-refractivity contribution in [2.75, 3.05) is 23.7 Å². The van der Waals surface area contributed by atoms with Crippen molar-refractivity contribution >= 4 is 55.1 Å². The van der Waals surface area contributed by atoms with Gasteiger partial charge in [0, 0.05) is 22.6 Å². The molecule has 0 saturated heterocycles. The number of nitrogens with zero attached hydrogens (tertiary/aromatic N) is 2. The molecule has 2 aromatic rings. The smallest absolute Gasteiger partial charge is 0.244 e. The fourth-order valence-corrected chi connectivity index (χ4v) is 4.36. The summed E-state index contributed by atoms with van der Waals surface area (Å²) in [5.41, 5.74) is 1.09. The molecule has 0 unspecified atom stereocenters. The van der Waals surface area contributed by atoms with Gasteiger partial charge in [-0.05, 0) is 55.3 Å². The van der Waals surface area contributed by atoms with E-state index in [-0.39, 0.29) is 12.5 Å². The summed E-state index contributed by atoms with van der Waals surface area (Å²) in [4.78, 5) is 27.3. The van der Waals surface area contributed by atoms with Crippen LogP contribution in [0.15, 0.2) is 53.0 Å². The summed E-state index contributed by atoms with van der Waals surface area (Å²) in [5.74, 6) is -0.811. The van der Waals surface area contributed by atoms with Gasteiger partial charge < -0.3 is 10.2 Å². The molecule has 2 amide bonds. The summed E-state index contributed by atoms with van der Waals surface area (Å²) < 4.78 is 26.8. The second-order valence-electron chi connectivity index (χ2n) is 7.36. The van der Waals surface area contributed by atoms with Crippen LogP contribution in [0.1, 0.15) is 25.8 Å². The van der Waals surface area contributed by atoms with Crippen LogP contribution in [0.25, 0.3) is 0 Å². The van der Waals surface area contributed by atoms with Gasteiger partial charge in [0.25, 0.3) is 0 Å². The lowest BCUT2D eigenvalue weighted by Crippen LogP contribution is -2.51. The molecule has 0 aromatic heterocycles. The van der Waals surface area contributed by atoms with Gasteiger partial charge in [-0.25, -0.2) is 8.42 Å². The van der Waals surface area contributed by atoms with Gasteiger partial charge in [0.2, 0.25) is 21.8 Å². The normalized spacial score (nSPS) is 12.2. The molecule has 0 aliphatic heterocycles. The fourth-order valence-electron chi connectivity index (χ4n) is 3.03. The average Bonchev–Trinajstić information content (AvgIpc) is 2.73.